The van der Waals surface area contributed by atoms with Crippen molar-refractivity contribution in [2.24, 2.45) is 0 Å². The first-order valence-electron chi connectivity index (χ1n) is 9.15. The number of hydrogen-bond acceptors (Lipinski definition) is 6. The minimum Gasteiger partial charge on any atom is -0.377 e. The Balaban J connectivity index is 1.61. The topological polar surface area (TPSA) is 94.1 Å². The van der Waals surface area contributed by atoms with Gasteiger partial charge in [-0.15, -0.1) is 0 Å². The van der Waals surface area contributed by atoms with Crippen LogP contribution in [-0.2, 0) is 0 Å². The van der Waals surface area contributed by atoms with Crippen molar-refractivity contribution in [1.29, 1.82) is 0 Å². The molecule has 1 aromatic heterocycles. The zero-order valence-corrected chi connectivity index (χ0v) is 14.8. The Hall–Kier alpha value is -3.22. The standard InChI is InChI=1S/C20H20N4O3/c25-24(26)18-13-15(11-12-17(18)21-16-9-5-2-6-10-16)20-22-19(23-27-20)14-7-3-1-4-8-14/h1,3-4,7-8,11-13,16,21H,2,5-6,9-10H2. The number of nitrogens with zero attached hydrogens (tertiary/aromatic N) is 3. The second-order valence-corrected chi connectivity index (χ2v) is 6.76. The summed E-state index contributed by atoms with van der Waals surface area (Å²) in [5.74, 6) is 0.721. The summed E-state index contributed by atoms with van der Waals surface area (Å²) in [6.07, 6.45) is 5.65. The normalized spacial score (nSPS) is 14.8. The third kappa shape index (κ3) is 3.81. The van der Waals surface area contributed by atoms with E-state index in [1.54, 1.807) is 12.1 Å². The molecule has 7 heteroatoms. The van der Waals surface area contributed by atoms with E-state index in [1.807, 2.05) is 30.3 Å². The average molecular weight is 364 g/mol. The van der Waals surface area contributed by atoms with Gasteiger partial charge in [0.15, 0.2) is 0 Å². The first-order chi connectivity index (χ1) is 13.2. The van der Waals surface area contributed by atoms with Crippen LogP contribution in [0.25, 0.3) is 22.8 Å². The Bertz CT molecular complexity index is 933. The molecule has 0 amide bonds. The first kappa shape index (κ1) is 17.2. The molecule has 0 saturated heterocycles. The fraction of sp³-hybridized carbons (Fsp3) is 0.300. The highest BCUT2D eigenvalue weighted by atomic mass is 16.6. The van der Waals surface area contributed by atoms with Gasteiger partial charge in [0.2, 0.25) is 5.82 Å². The Morgan fingerprint density at radius 3 is 2.56 bits per heavy atom. The fourth-order valence-corrected chi connectivity index (χ4v) is 3.45. The monoisotopic (exact) mass is 364 g/mol. The fourth-order valence-electron chi connectivity index (χ4n) is 3.45. The van der Waals surface area contributed by atoms with Crippen molar-refractivity contribution >= 4 is 11.4 Å². The summed E-state index contributed by atoms with van der Waals surface area (Å²) in [5.41, 5.74) is 1.93. The summed E-state index contributed by atoms with van der Waals surface area (Å²) in [6.45, 7) is 0. The smallest absolute Gasteiger partial charge is 0.293 e. The van der Waals surface area contributed by atoms with E-state index in [-0.39, 0.29) is 22.5 Å². The van der Waals surface area contributed by atoms with Crippen molar-refractivity contribution in [3.63, 3.8) is 0 Å². The Morgan fingerprint density at radius 1 is 1.04 bits per heavy atom. The molecule has 0 unspecified atom stereocenters. The van der Waals surface area contributed by atoms with Crippen molar-refractivity contribution in [3.05, 3.63) is 58.6 Å². The van der Waals surface area contributed by atoms with Gasteiger partial charge in [0, 0.05) is 23.2 Å². The zero-order valence-electron chi connectivity index (χ0n) is 14.8. The number of rotatable bonds is 5. The molecule has 27 heavy (non-hydrogen) atoms. The number of benzene rings is 2. The highest BCUT2D eigenvalue weighted by Gasteiger charge is 2.21. The number of anilines is 1. The van der Waals surface area contributed by atoms with E-state index in [0.29, 0.717) is 17.1 Å². The maximum atomic E-state index is 11.6. The largest absolute Gasteiger partial charge is 0.377 e. The van der Waals surface area contributed by atoms with Gasteiger partial charge in [0.05, 0.1) is 4.92 Å². The van der Waals surface area contributed by atoms with Crippen LogP contribution in [0.3, 0.4) is 0 Å². The summed E-state index contributed by atoms with van der Waals surface area (Å²) in [7, 11) is 0. The van der Waals surface area contributed by atoms with Gasteiger partial charge in [0.1, 0.15) is 5.69 Å². The van der Waals surface area contributed by atoms with Crippen LogP contribution in [0, 0.1) is 10.1 Å². The van der Waals surface area contributed by atoms with E-state index in [0.717, 1.165) is 31.2 Å². The van der Waals surface area contributed by atoms with E-state index in [9.17, 15) is 10.1 Å². The number of nitrogens with one attached hydrogen (secondary N) is 1. The van der Waals surface area contributed by atoms with Crippen LogP contribution in [0.2, 0.25) is 0 Å². The molecule has 0 radical (unpaired) electrons. The second kappa shape index (κ2) is 7.57. The highest BCUT2D eigenvalue weighted by Crippen LogP contribution is 2.33. The molecule has 7 nitrogen and oxygen atoms in total. The molecule has 2 aromatic carbocycles. The third-order valence-electron chi connectivity index (χ3n) is 4.86. The lowest BCUT2D eigenvalue weighted by atomic mass is 9.95. The molecule has 138 valence electrons. The van der Waals surface area contributed by atoms with Crippen LogP contribution in [0.5, 0.6) is 0 Å². The Kier molecular flexibility index (Phi) is 4.82. The lowest BCUT2D eigenvalue weighted by Gasteiger charge is -2.23. The predicted octanol–water partition coefficient (Wildman–Crippen LogP) is 5.06. The van der Waals surface area contributed by atoms with Crippen molar-refractivity contribution in [2.75, 3.05) is 5.32 Å². The molecule has 1 aliphatic rings. The van der Waals surface area contributed by atoms with Gasteiger partial charge in [-0.2, -0.15) is 4.98 Å². The van der Waals surface area contributed by atoms with Crippen LogP contribution in [0.4, 0.5) is 11.4 Å². The minimum atomic E-state index is -0.372. The lowest BCUT2D eigenvalue weighted by Crippen LogP contribution is -2.22. The molecule has 0 aliphatic heterocycles. The van der Waals surface area contributed by atoms with Crippen LogP contribution < -0.4 is 5.32 Å². The van der Waals surface area contributed by atoms with E-state index in [2.05, 4.69) is 15.5 Å². The second-order valence-electron chi connectivity index (χ2n) is 6.76. The van der Waals surface area contributed by atoms with Crippen LogP contribution >= 0.6 is 0 Å². The molecule has 1 saturated carbocycles. The number of aromatic nitrogens is 2. The maximum Gasteiger partial charge on any atom is 0.293 e. The Labute approximate surface area is 156 Å². The number of nitro benzene ring substituents is 1. The van der Waals surface area contributed by atoms with Gasteiger partial charge < -0.3 is 9.84 Å². The molecule has 4 rings (SSSR count). The molecule has 0 atom stereocenters. The molecule has 1 N–H and O–H groups in total. The van der Waals surface area contributed by atoms with Gasteiger partial charge in [-0.25, -0.2) is 0 Å². The van der Waals surface area contributed by atoms with E-state index >= 15 is 0 Å². The first-order valence-corrected chi connectivity index (χ1v) is 9.15. The molecular formula is C20H20N4O3. The maximum absolute atomic E-state index is 11.6. The molecule has 1 heterocycles. The SMILES string of the molecule is O=[N+]([O-])c1cc(-c2nc(-c3ccccc3)no2)ccc1NC1CCCCC1. The van der Waals surface area contributed by atoms with Gasteiger partial charge >= 0.3 is 0 Å². The summed E-state index contributed by atoms with van der Waals surface area (Å²) in [4.78, 5) is 15.6. The van der Waals surface area contributed by atoms with E-state index in [1.165, 1.54) is 12.5 Å². The summed E-state index contributed by atoms with van der Waals surface area (Å²) >= 11 is 0. The average Bonchev–Trinajstić information content (AvgIpc) is 3.20. The summed E-state index contributed by atoms with van der Waals surface area (Å²) in [6, 6.07) is 14.7. The Morgan fingerprint density at radius 2 is 1.81 bits per heavy atom. The van der Waals surface area contributed by atoms with Gasteiger partial charge in [-0.3, -0.25) is 10.1 Å². The predicted molar refractivity (Wildman–Crippen MR) is 102 cm³/mol. The molecule has 3 aromatic rings. The summed E-state index contributed by atoms with van der Waals surface area (Å²) in [5, 5.41) is 18.9. The third-order valence-corrected chi connectivity index (χ3v) is 4.86. The minimum absolute atomic E-state index is 0.0255. The zero-order chi connectivity index (χ0) is 18.6. The highest BCUT2D eigenvalue weighted by molar-refractivity contribution is 5.70. The van der Waals surface area contributed by atoms with Crippen molar-refractivity contribution in [2.45, 2.75) is 38.1 Å². The number of hydrogen-bond donors (Lipinski definition) is 1. The van der Waals surface area contributed by atoms with E-state index < -0.39 is 0 Å². The van der Waals surface area contributed by atoms with Crippen LogP contribution in [0.15, 0.2) is 53.1 Å². The van der Waals surface area contributed by atoms with Gasteiger partial charge in [-0.05, 0) is 25.0 Å². The van der Waals surface area contributed by atoms with Crippen molar-refractivity contribution < 1.29 is 9.45 Å². The lowest BCUT2D eigenvalue weighted by molar-refractivity contribution is -0.383. The molecule has 0 spiro atoms. The molecule has 1 aliphatic carbocycles. The number of nitro groups is 1. The van der Waals surface area contributed by atoms with Gasteiger partial charge in [-0.1, -0.05) is 54.8 Å². The van der Waals surface area contributed by atoms with E-state index in [4.69, 9.17) is 4.52 Å². The van der Waals surface area contributed by atoms with Gasteiger partial charge in [0.25, 0.3) is 11.6 Å². The van der Waals surface area contributed by atoms with Crippen LogP contribution in [-0.4, -0.2) is 21.1 Å². The van der Waals surface area contributed by atoms with Crippen molar-refractivity contribution in [3.8, 4) is 22.8 Å². The molecule has 1 fully saturated rings. The quantitative estimate of drug-likeness (QED) is 0.502. The summed E-state index contributed by atoms with van der Waals surface area (Å²) < 4.78 is 5.33. The van der Waals surface area contributed by atoms with Crippen molar-refractivity contribution in [1.82, 2.24) is 10.1 Å². The molecule has 0 bridgehead atoms. The molecular weight excluding hydrogens is 344 g/mol. The van der Waals surface area contributed by atoms with Crippen LogP contribution in [0.1, 0.15) is 32.1 Å².